The lowest BCUT2D eigenvalue weighted by Gasteiger charge is -2.55. The van der Waals surface area contributed by atoms with Crippen LogP contribution in [0, 0.1) is 41.4 Å². The van der Waals surface area contributed by atoms with Gasteiger partial charge >= 0.3 is 0 Å². The first kappa shape index (κ1) is 15.5. The van der Waals surface area contributed by atoms with Crippen molar-refractivity contribution in [1.29, 1.82) is 0 Å². The fourth-order valence-electron chi connectivity index (χ4n) is 6.72. The van der Waals surface area contributed by atoms with Gasteiger partial charge in [-0.2, -0.15) is 0 Å². The fourth-order valence-corrected chi connectivity index (χ4v) is 6.72. The van der Waals surface area contributed by atoms with Crippen molar-refractivity contribution in [3.63, 3.8) is 0 Å². The summed E-state index contributed by atoms with van der Waals surface area (Å²) >= 11 is 0. The van der Waals surface area contributed by atoms with Gasteiger partial charge in [0.15, 0.2) is 0 Å². The molecule has 0 amide bonds. The van der Waals surface area contributed by atoms with E-state index in [2.05, 4.69) is 19.8 Å². The van der Waals surface area contributed by atoms with Crippen molar-refractivity contribution in [2.24, 2.45) is 29.1 Å². The number of hydrogen-bond donors (Lipinski definition) is 1. The van der Waals surface area contributed by atoms with E-state index in [1.54, 1.807) is 5.57 Å². The first-order valence-corrected chi connectivity index (χ1v) is 9.32. The Hall–Kier alpha value is -1.07. The Kier molecular flexibility index (Phi) is 3.34. The van der Waals surface area contributed by atoms with E-state index >= 15 is 0 Å². The Labute approximate surface area is 139 Å². The molecule has 0 radical (unpaired) electrons. The Balaban J connectivity index is 1.72. The number of fused-ring (bicyclic) bond motifs is 4. The molecule has 23 heavy (non-hydrogen) atoms. The maximum Gasteiger partial charge on any atom is 0.137 e. The maximum atomic E-state index is 11.9. The quantitative estimate of drug-likeness (QED) is 0.544. The second-order valence-electron chi connectivity index (χ2n) is 8.82. The average Bonchev–Trinajstić information content (AvgIpc) is 2.79. The molecule has 0 aromatic rings. The summed E-state index contributed by atoms with van der Waals surface area (Å²) in [6.45, 7) is 4.60. The van der Waals surface area contributed by atoms with Gasteiger partial charge in [0.1, 0.15) is 11.4 Å². The SMILES string of the molecule is C#C[C@]1(O)CC[C@H]2C3C(C)CC4=C(CCC(=O)C4)[C@H]3CCC21C. The van der Waals surface area contributed by atoms with Gasteiger partial charge in [-0.25, -0.2) is 0 Å². The number of terminal acetylenes is 1. The number of allylic oxidation sites excluding steroid dienone is 2. The number of ketones is 1. The molecule has 6 atom stereocenters. The molecule has 0 aromatic carbocycles. The minimum Gasteiger partial charge on any atom is -0.377 e. The molecule has 0 spiro atoms. The van der Waals surface area contributed by atoms with Crippen LogP contribution < -0.4 is 0 Å². The molecule has 0 bridgehead atoms. The van der Waals surface area contributed by atoms with Crippen LogP contribution in [0.3, 0.4) is 0 Å². The third kappa shape index (κ3) is 1.96. The van der Waals surface area contributed by atoms with Crippen molar-refractivity contribution >= 4 is 5.78 Å². The lowest BCUT2D eigenvalue weighted by Crippen LogP contribution is -2.52. The van der Waals surface area contributed by atoms with Crippen LogP contribution in [0.5, 0.6) is 0 Å². The van der Waals surface area contributed by atoms with E-state index in [0.717, 1.165) is 44.9 Å². The summed E-state index contributed by atoms with van der Waals surface area (Å²) in [5, 5.41) is 11.0. The van der Waals surface area contributed by atoms with Crippen molar-refractivity contribution < 1.29 is 9.90 Å². The van der Waals surface area contributed by atoms with Crippen LogP contribution in [-0.2, 0) is 4.79 Å². The Morgan fingerprint density at radius 3 is 2.78 bits per heavy atom. The molecule has 2 heteroatoms. The van der Waals surface area contributed by atoms with Crippen molar-refractivity contribution in [1.82, 2.24) is 0 Å². The smallest absolute Gasteiger partial charge is 0.137 e. The van der Waals surface area contributed by atoms with Crippen LogP contribution in [-0.4, -0.2) is 16.5 Å². The third-order valence-corrected chi connectivity index (χ3v) is 7.93. The largest absolute Gasteiger partial charge is 0.377 e. The van der Waals surface area contributed by atoms with Gasteiger partial charge in [-0.1, -0.05) is 30.9 Å². The second-order valence-corrected chi connectivity index (χ2v) is 8.82. The van der Waals surface area contributed by atoms with Crippen LogP contribution >= 0.6 is 0 Å². The van der Waals surface area contributed by atoms with E-state index in [-0.39, 0.29) is 5.41 Å². The first-order valence-electron chi connectivity index (χ1n) is 9.32. The van der Waals surface area contributed by atoms with E-state index in [4.69, 9.17) is 6.42 Å². The minimum atomic E-state index is -0.917. The summed E-state index contributed by atoms with van der Waals surface area (Å²) in [6.07, 6.45) is 13.2. The summed E-state index contributed by atoms with van der Waals surface area (Å²) < 4.78 is 0. The number of rotatable bonds is 0. The van der Waals surface area contributed by atoms with E-state index < -0.39 is 5.60 Å². The molecule has 2 nitrogen and oxygen atoms in total. The van der Waals surface area contributed by atoms with E-state index in [1.165, 1.54) is 5.57 Å². The normalized spacial score (nSPS) is 49.2. The summed E-state index contributed by atoms with van der Waals surface area (Å²) in [6, 6.07) is 0. The molecule has 1 N–H and O–H groups in total. The van der Waals surface area contributed by atoms with Gasteiger partial charge in [-0.15, -0.1) is 6.42 Å². The zero-order chi connectivity index (χ0) is 16.4. The highest BCUT2D eigenvalue weighted by molar-refractivity contribution is 5.82. The molecule has 4 aliphatic rings. The molecule has 124 valence electrons. The van der Waals surface area contributed by atoms with Gasteiger partial charge in [0.25, 0.3) is 0 Å². The van der Waals surface area contributed by atoms with Gasteiger partial charge < -0.3 is 5.11 Å². The van der Waals surface area contributed by atoms with Crippen LogP contribution in [0.1, 0.15) is 65.2 Å². The number of carbonyl (C=O) groups excluding carboxylic acids is 1. The topological polar surface area (TPSA) is 37.3 Å². The van der Waals surface area contributed by atoms with Gasteiger partial charge in [0.2, 0.25) is 0 Å². The minimum absolute atomic E-state index is 0.125. The number of hydrogen-bond acceptors (Lipinski definition) is 2. The molecular formula is C21H28O2. The number of aliphatic hydroxyl groups is 1. The summed E-state index contributed by atoms with van der Waals surface area (Å²) in [5.74, 6) is 5.60. The van der Waals surface area contributed by atoms with Crippen molar-refractivity contribution in [2.75, 3.05) is 0 Å². The Bertz CT molecular complexity index is 624. The van der Waals surface area contributed by atoms with Crippen molar-refractivity contribution in [3.8, 4) is 12.3 Å². The van der Waals surface area contributed by atoms with Crippen molar-refractivity contribution in [3.05, 3.63) is 11.1 Å². The fraction of sp³-hybridized carbons (Fsp3) is 0.762. The lowest BCUT2D eigenvalue weighted by atomic mass is 9.50. The molecule has 0 aromatic heterocycles. The monoisotopic (exact) mass is 312 g/mol. The molecule has 2 saturated carbocycles. The van der Waals surface area contributed by atoms with E-state index in [1.807, 2.05) is 0 Å². The second kappa shape index (κ2) is 4.96. The predicted molar refractivity (Wildman–Crippen MR) is 90.5 cm³/mol. The molecule has 2 fully saturated rings. The number of carbonyl (C=O) groups is 1. The summed E-state index contributed by atoms with van der Waals surface area (Å²) in [5.41, 5.74) is 2.04. The van der Waals surface area contributed by atoms with Gasteiger partial charge in [-0.05, 0) is 62.2 Å². The van der Waals surface area contributed by atoms with Gasteiger partial charge in [0, 0.05) is 18.3 Å². The van der Waals surface area contributed by atoms with E-state index in [9.17, 15) is 9.90 Å². The zero-order valence-corrected chi connectivity index (χ0v) is 14.4. The molecule has 0 aliphatic heterocycles. The molecule has 4 rings (SSSR count). The highest BCUT2D eigenvalue weighted by Crippen LogP contribution is 2.65. The van der Waals surface area contributed by atoms with Gasteiger partial charge in [0.05, 0.1) is 0 Å². The average molecular weight is 312 g/mol. The summed E-state index contributed by atoms with van der Waals surface area (Å²) in [7, 11) is 0. The third-order valence-electron chi connectivity index (χ3n) is 7.93. The Morgan fingerprint density at radius 2 is 2.04 bits per heavy atom. The highest BCUT2D eigenvalue weighted by atomic mass is 16.3. The van der Waals surface area contributed by atoms with Crippen LogP contribution in [0.4, 0.5) is 0 Å². The highest BCUT2D eigenvalue weighted by Gasteiger charge is 2.62. The molecular weight excluding hydrogens is 284 g/mol. The standard InChI is InChI=1S/C21H28O2/c1-4-21(23)10-8-18-19-13(2)11-14-12-15(22)5-6-16(14)17(19)7-9-20(18,21)3/h1,13,17-19,23H,5-12H2,2-3H3/t13?,17-,18+,19?,20?,21+/m1/s1. The number of Topliss-reactive ketones (excluding diaryl/α,β-unsaturated/α-hetero) is 1. The van der Waals surface area contributed by atoms with E-state index in [0.29, 0.717) is 35.9 Å². The molecule has 3 unspecified atom stereocenters. The molecule has 0 saturated heterocycles. The molecule has 4 aliphatic carbocycles. The first-order chi connectivity index (χ1) is 10.9. The lowest BCUT2D eigenvalue weighted by molar-refractivity contribution is -0.119. The zero-order valence-electron chi connectivity index (χ0n) is 14.4. The maximum absolute atomic E-state index is 11.9. The summed E-state index contributed by atoms with van der Waals surface area (Å²) in [4.78, 5) is 11.9. The van der Waals surface area contributed by atoms with Crippen LogP contribution in [0.2, 0.25) is 0 Å². The molecule has 0 heterocycles. The van der Waals surface area contributed by atoms with Crippen LogP contribution in [0.15, 0.2) is 11.1 Å². The Morgan fingerprint density at radius 1 is 1.26 bits per heavy atom. The van der Waals surface area contributed by atoms with Gasteiger partial charge in [-0.3, -0.25) is 4.79 Å². The predicted octanol–water partition coefficient (Wildman–Crippen LogP) is 3.88. The van der Waals surface area contributed by atoms with Crippen molar-refractivity contribution in [2.45, 2.75) is 70.8 Å². The van der Waals surface area contributed by atoms with Crippen LogP contribution in [0.25, 0.3) is 0 Å².